The molecule has 1 heterocycles. The van der Waals surface area contributed by atoms with Crippen LogP contribution in [0.4, 0.5) is 5.69 Å². The van der Waals surface area contributed by atoms with Crippen LogP contribution in [0, 0.1) is 6.92 Å². The number of hydrogen-bond donors (Lipinski definition) is 3. The maximum atomic E-state index is 14.0. The largest absolute Gasteiger partial charge is 0.497 e. The van der Waals surface area contributed by atoms with Gasteiger partial charge in [0, 0.05) is 12.1 Å². The number of nitrogen functional groups attached to an aromatic ring is 1. The highest BCUT2D eigenvalue weighted by Crippen LogP contribution is 2.31. The first-order valence-corrected chi connectivity index (χ1v) is 13.1. The molecule has 5 N–H and O–H groups in total. The molecule has 0 saturated carbocycles. The lowest BCUT2D eigenvalue weighted by Crippen LogP contribution is -2.50. The van der Waals surface area contributed by atoms with Gasteiger partial charge in [0.1, 0.15) is 16.7 Å². The number of benzene rings is 2. The van der Waals surface area contributed by atoms with E-state index in [0.29, 0.717) is 24.2 Å². The Morgan fingerprint density at radius 3 is 2.34 bits per heavy atom. The van der Waals surface area contributed by atoms with E-state index in [0.717, 1.165) is 22.7 Å². The number of amides is 3. The summed E-state index contributed by atoms with van der Waals surface area (Å²) in [5.74, 6) is -1.04. The molecule has 3 aromatic rings. The van der Waals surface area contributed by atoms with Crippen LogP contribution < -0.4 is 21.5 Å². The van der Waals surface area contributed by atoms with Crippen LogP contribution in [0.5, 0.6) is 5.75 Å². The van der Waals surface area contributed by atoms with Crippen LogP contribution in [-0.2, 0) is 11.2 Å². The van der Waals surface area contributed by atoms with E-state index in [4.69, 9.17) is 16.2 Å². The van der Waals surface area contributed by atoms with Crippen LogP contribution in [0.2, 0.25) is 0 Å². The van der Waals surface area contributed by atoms with Crippen molar-refractivity contribution in [3.05, 3.63) is 75.8 Å². The molecule has 0 unspecified atom stereocenters. The number of hydrogen-bond acceptors (Lipinski definition) is 7. The summed E-state index contributed by atoms with van der Waals surface area (Å²) in [7, 11) is 1.56. The van der Waals surface area contributed by atoms with Crippen molar-refractivity contribution in [1.29, 1.82) is 0 Å². The number of methoxy groups -OCH3 is 1. The van der Waals surface area contributed by atoms with E-state index in [2.05, 4.69) is 9.69 Å². The van der Waals surface area contributed by atoms with Gasteiger partial charge >= 0.3 is 0 Å². The Hall–Kier alpha value is -3.92. The zero-order valence-electron chi connectivity index (χ0n) is 22.4. The number of anilines is 1. The highest BCUT2D eigenvalue weighted by Gasteiger charge is 2.36. The van der Waals surface area contributed by atoms with Crippen LogP contribution in [0.3, 0.4) is 0 Å². The van der Waals surface area contributed by atoms with Crippen LogP contribution in [0.25, 0.3) is 0 Å². The quantitative estimate of drug-likeness (QED) is 0.339. The Labute approximate surface area is 227 Å². The van der Waals surface area contributed by atoms with E-state index in [9.17, 15) is 14.4 Å². The maximum Gasteiger partial charge on any atom is 0.270 e. The molecule has 0 radical (unpaired) electrons. The first kappa shape index (κ1) is 28.6. The van der Waals surface area contributed by atoms with Crippen molar-refractivity contribution in [2.75, 3.05) is 19.4 Å². The molecule has 202 valence electrons. The second-order valence-electron chi connectivity index (χ2n) is 9.72. The number of rotatable bonds is 11. The van der Waals surface area contributed by atoms with Crippen molar-refractivity contribution >= 4 is 34.9 Å². The molecule has 0 bridgehead atoms. The van der Waals surface area contributed by atoms with E-state index in [1.807, 2.05) is 52.0 Å². The van der Waals surface area contributed by atoms with Crippen molar-refractivity contribution in [2.45, 2.75) is 52.1 Å². The predicted molar refractivity (Wildman–Crippen MR) is 149 cm³/mol. The van der Waals surface area contributed by atoms with E-state index >= 15 is 0 Å². The van der Waals surface area contributed by atoms with Crippen molar-refractivity contribution in [1.82, 2.24) is 14.6 Å². The lowest BCUT2D eigenvalue weighted by atomic mass is 9.97. The molecule has 9 nitrogen and oxygen atoms in total. The number of aromatic nitrogens is 1. The van der Waals surface area contributed by atoms with Gasteiger partial charge in [-0.05, 0) is 74.0 Å². The molecular weight excluding hydrogens is 502 g/mol. The number of ether oxygens (including phenoxy) is 1. The fourth-order valence-electron chi connectivity index (χ4n) is 3.99. The summed E-state index contributed by atoms with van der Waals surface area (Å²) in [5.41, 5.74) is 13.5. The van der Waals surface area contributed by atoms with Crippen molar-refractivity contribution in [2.24, 2.45) is 5.73 Å². The minimum atomic E-state index is -0.984. The van der Waals surface area contributed by atoms with Crippen LogP contribution in [0.1, 0.15) is 70.1 Å². The summed E-state index contributed by atoms with van der Waals surface area (Å²) in [6.45, 7) is 8.04. The second kappa shape index (κ2) is 12.1. The highest BCUT2D eigenvalue weighted by atomic mass is 32.1. The van der Waals surface area contributed by atoms with Crippen LogP contribution in [-0.4, -0.2) is 46.2 Å². The molecular formula is C28H35N5O4S. The van der Waals surface area contributed by atoms with E-state index in [1.54, 1.807) is 31.4 Å². The number of primary amides is 1. The van der Waals surface area contributed by atoms with E-state index in [-0.39, 0.29) is 28.7 Å². The number of nitrogens with two attached hydrogens (primary N) is 2. The third-order valence-electron chi connectivity index (χ3n) is 6.64. The zero-order chi connectivity index (χ0) is 28.0. The first-order chi connectivity index (χ1) is 18.0. The summed E-state index contributed by atoms with van der Waals surface area (Å²) < 4.78 is 9.30. The Morgan fingerprint density at radius 1 is 1.13 bits per heavy atom. The summed E-state index contributed by atoms with van der Waals surface area (Å²) in [6.07, 6.45) is 1.19. The SMILES string of the molecule is CCC(C)(C)NC(=O)[C@H](c1ccc(OC)cc1)N(CCc1ccccc1C)C(=O)c1snc(C(N)=O)c1N. The molecule has 0 aliphatic heterocycles. The monoisotopic (exact) mass is 537 g/mol. The molecule has 2 aromatic carbocycles. The molecule has 0 saturated heterocycles. The predicted octanol–water partition coefficient (Wildman–Crippen LogP) is 3.87. The van der Waals surface area contributed by atoms with Gasteiger partial charge in [-0.3, -0.25) is 14.4 Å². The van der Waals surface area contributed by atoms with Gasteiger partial charge < -0.3 is 26.4 Å². The van der Waals surface area contributed by atoms with Gasteiger partial charge in [0.05, 0.1) is 12.8 Å². The first-order valence-electron chi connectivity index (χ1n) is 12.4. The van der Waals surface area contributed by atoms with E-state index < -0.39 is 23.4 Å². The highest BCUT2D eigenvalue weighted by molar-refractivity contribution is 7.09. The molecule has 3 amide bonds. The minimum absolute atomic E-state index is 0.0599. The number of carbonyl (C=O) groups is 3. The Kier molecular flexibility index (Phi) is 9.11. The van der Waals surface area contributed by atoms with Crippen LogP contribution in [0.15, 0.2) is 48.5 Å². The molecule has 0 aliphatic rings. The molecule has 0 spiro atoms. The standard InChI is InChI=1S/C28H35N5O4S/c1-6-28(3,4)31-26(35)23(19-11-13-20(37-5)14-12-19)33(16-15-18-10-8-7-9-17(18)2)27(36)24-21(29)22(25(30)34)32-38-24/h7-14,23H,6,15-16,29H2,1-5H3,(H2,30,34)(H,31,35)/t23-/m0/s1. The summed E-state index contributed by atoms with van der Waals surface area (Å²) in [6, 6.07) is 13.9. The number of nitrogens with zero attached hydrogens (tertiary/aromatic N) is 2. The van der Waals surface area contributed by atoms with Gasteiger partial charge in [-0.25, -0.2) is 0 Å². The van der Waals surface area contributed by atoms with E-state index in [1.165, 1.54) is 4.90 Å². The topological polar surface area (TPSA) is 141 Å². The lowest BCUT2D eigenvalue weighted by Gasteiger charge is -2.34. The third-order valence-corrected chi connectivity index (χ3v) is 7.49. The fraction of sp³-hybridized carbons (Fsp3) is 0.357. The number of carbonyl (C=O) groups excluding carboxylic acids is 3. The Bertz CT molecular complexity index is 1300. The smallest absolute Gasteiger partial charge is 0.270 e. The van der Waals surface area contributed by atoms with Crippen molar-refractivity contribution < 1.29 is 19.1 Å². The normalized spacial score (nSPS) is 12.0. The third kappa shape index (κ3) is 6.49. The zero-order valence-corrected chi connectivity index (χ0v) is 23.2. The maximum absolute atomic E-state index is 14.0. The molecule has 10 heteroatoms. The summed E-state index contributed by atoms with van der Waals surface area (Å²) in [5, 5.41) is 3.09. The molecule has 0 fully saturated rings. The summed E-state index contributed by atoms with van der Waals surface area (Å²) in [4.78, 5) is 41.2. The molecule has 1 aromatic heterocycles. The van der Waals surface area contributed by atoms with Gasteiger partial charge in [-0.15, -0.1) is 0 Å². The van der Waals surface area contributed by atoms with Crippen molar-refractivity contribution in [3.8, 4) is 5.75 Å². The van der Waals surface area contributed by atoms with Crippen LogP contribution >= 0.6 is 11.5 Å². The fourth-order valence-corrected chi connectivity index (χ4v) is 4.75. The average molecular weight is 538 g/mol. The molecule has 38 heavy (non-hydrogen) atoms. The number of aryl methyl sites for hydroxylation is 1. The second-order valence-corrected chi connectivity index (χ2v) is 10.5. The number of nitrogens with one attached hydrogen (secondary N) is 1. The molecule has 0 aliphatic carbocycles. The van der Waals surface area contributed by atoms with Gasteiger partial charge in [-0.1, -0.05) is 43.3 Å². The summed E-state index contributed by atoms with van der Waals surface area (Å²) >= 11 is 0.795. The van der Waals surface area contributed by atoms with Crippen molar-refractivity contribution in [3.63, 3.8) is 0 Å². The van der Waals surface area contributed by atoms with Gasteiger partial charge in [-0.2, -0.15) is 4.37 Å². The molecule has 1 atom stereocenters. The van der Waals surface area contributed by atoms with Gasteiger partial charge in [0.25, 0.3) is 11.8 Å². The molecule has 3 rings (SSSR count). The lowest BCUT2D eigenvalue weighted by molar-refractivity contribution is -0.127. The Balaban J connectivity index is 2.12. The van der Waals surface area contributed by atoms with Gasteiger partial charge in [0.15, 0.2) is 5.69 Å². The average Bonchev–Trinajstić information content (AvgIpc) is 3.28. The minimum Gasteiger partial charge on any atom is -0.497 e. The van der Waals surface area contributed by atoms with Gasteiger partial charge in [0.2, 0.25) is 5.91 Å². The Morgan fingerprint density at radius 2 is 1.79 bits per heavy atom.